The van der Waals surface area contributed by atoms with Crippen molar-refractivity contribution in [3.63, 3.8) is 0 Å². The highest BCUT2D eigenvalue weighted by Gasteiger charge is 2.21. The molecule has 1 aliphatic carbocycles. The lowest BCUT2D eigenvalue weighted by molar-refractivity contribution is 0.0594. The number of carbonyl (C=O) groups excluding carboxylic acids is 1. The van der Waals surface area contributed by atoms with Gasteiger partial charge in [0.1, 0.15) is 5.69 Å². The molecule has 1 heterocycles. The maximum Gasteiger partial charge on any atom is 0.356 e. The highest BCUT2D eigenvalue weighted by atomic mass is 16.5. The van der Waals surface area contributed by atoms with Crippen molar-refractivity contribution in [3.8, 4) is 0 Å². The van der Waals surface area contributed by atoms with E-state index in [-0.39, 0.29) is 6.10 Å². The second kappa shape index (κ2) is 5.27. The summed E-state index contributed by atoms with van der Waals surface area (Å²) in [4.78, 5) is 15.3. The van der Waals surface area contributed by atoms with Gasteiger partial charge in [0.05, 0.1) is 13.2 Å². The molecule has 1 aliphatic rings. The number of methoxy groups -OCH3 is 1. The summed E-state index contributed by atoms with van der Waals surface area (Å²) in [7, 11) is 1.35. The molecule has 1 aromatic rings. The van der Waals surface area contributed by atoms with Crippen molar-refractivity contribution in [2.75, 3.05) is 7.11 Å². The summed E-state index contributed by atoms with van der Waals surface area (Å²) < 4.78 is 4.60. The Morgan fingerprint density at radius 2 is 2.06 bits per heavy atom. The molecule has 2 rings (SSSR count). The lowest BCUT2D eigenvalue weighted by Gasteiger charge is -2.25. The molecule has 0 atom stereocenters. The third-order valence-electron chi connectivity index (χ3n) is 3.35. The first-order valence-electron chi connectivity index (χ1n) is 5.93. The van der Waals surface area contributed by atoms with Gasteiger partial charge in [0.25, 0.3) is 0 Å². The van der Waals surface area contributed by atoms with E-state index in [0.717, 1.165) is 31.2 Å². The Bertz CT molecular complexity index is 380. The quantitative estimate of drug-likeness (QED) is 0.795. The van der Waals surface area contributed by atoms with Gasteiger partial charge in [-0.25, -0.2) is 9.78 Å². The number of aromatic nitrogens is 1. The minimum absolute atomic E-state index is 0.145. The molecule has 4 heteroatoms. The average Bonchev–Trinajstić information content (AvgIpc) is 2.39. The number of aliphatic hydroxyl groups is 1. The first-order valence-corrected chi connectivity index (χ1v) is 5.93. The van der Waals surface area contributed by atoms with Crippen LogP contribution in [0.5, 0.6) is 0 Å². The van der Waals surface area contributed by atoms with E-state index in [1.807, 2.05) is 6.07 Å². The molecule has 0 amide bonds. The van der Waals surface area contributed by atoms with E-state index in [9.17, 15) is 9.90 Å². The summed E-state index contributed by atoms with van der Waals surface area (Å²) in [6.45, 7) is 0. The molecule has 1 aromatic heterocycles. The van der Waals surface area contributed by atoms with E-state index in [1.54, 1.807) is 12.3 Å². The topological polar surface area (TPSA) is 59.4 Å². The molecular formula is C13H17NO3. The lowest BCUT2D eigenvalue weighted by Crippen LogP contribution is -2.17. The molecule has 0 radical (unpaired) electrons. The number of nitrogens with zero attached hydrogens (tertiary/aromatic N) is 1. The molecule has 0 aliphatic heterocycles. The first kappa shape index (κ1) is 12.0. The fourth-order valence-electron chi connectivity index (χ4n) is 2.28. The maximum absolute atomic E-state index is 11.2. The van der Waals surface area contributed by atoms with Gasteiger partial charge in [-0.2, -0.15) is 0 Å². The van der Waals surface area contributed by atoms with E-state index in [4.69, 9.17) is 0 Å². The van der Waals surface area contributed by atoms with Crippen LogP contribution in [0.1, 0.15) is 47.7 Å². The highest BCUT2D eigenvalue weighted by Crippen LogP contribution is 2.32. The first-order chi connectivity index (χ1) is 8.20. The van der Waals surface area contributed by atoms with Gasteiger partial charge in [-0.15, -0.1) is 0 Å². The molecule has 1 N–H and O–H groups in total. The molecule has 17 heavy (non-hydrogen) atoms. The number of esters is 1. The maximum atomic E-state index is 11.2. The van der Waals surface area contributed by atoms with Gasteiger partial charge in [0, 0.05) is 6.20 Å². The van der Waals surface area contributed by atoms with Crippen LogP contribution in [0.25, 0.3) is 0 Å². The second-order valence-corrected chi connectivity index (χ2v) is 4.47. The van der Waals surface area contributed by atoms with E-state index < -0.39 is 5.97 Å². The Balaban J connectivity index is 2.05. The number of hydrogen-bond acceptors (Lipinski definition) is 4. The second-order valence-electron chi connectivity index (χ2n) is 4.47. The molecule has 0 unspecified atom stereocenters. The van der Waals surface area contributed by atoms with Crippen LogP contribution in [0.4, 0.5) is 0 Å². The molecule has 4 nitrogen and oxygen atoms in total. The van der Waals surface area contributed by atoms with Crippen molar-refractivity contribution in [3.05, 3.63) is 29.6 Å². The van der Waals surface area contributed by atoms with E-state index >= 15 is 0 Å². The van der Waals surface area contributed by atoms with Gasteiger partial charge >= 0.3 is 5.97 Å². The highest BCUT2D eigenvalue weighted by molar-refractivity contribution is 5.86. The van der Waals surface area contributed by atoms with Crippen molar-refractivity contribution in [1.82, 2.24) is 4.98 Å². The molecule has 1 saturated carbocycles. The normalized spacial score (nSPS) is 24.4. The Morgan fingerprint density at radius 3 is 2.59 bits per heavy atom. The van der Waals surface area contributed by atoms with Crippen LogP contribution in [0.2, 0.25) is 0 Å². The zero-order valence-electron chi connectivity index (χ0n) is 9.93. The average molecular weight is 235 g/mol. The van der Waals surface area contributed by atoms with Crippen LogP contribution < -0.4 is 0 Å². The van der Waals surface area contributed by atoms with Crippen molar-refractivity contribution < 1.29 is 14.6 Å². The number of rotatable bonds is 2. The smallest absolute Gasteiger partial charge is 0.356 e. The van der Waals surface area contributed by atoms with Gasteiger partial charge in [0.15, 0.2) is 0 Å². The summed E-state index contributed by atoms with van der Waals surface area (Å²) in [6.07, 6.45) is 5.27. The minimum Gasteiger partial charge on any atom is -0.464 e. The van der Waals surface area contributed by atoms with Crippen LogP contribution in [-0.4, -0.2) is 29.3 Å². The van der Waals surface area contributed by atoms with Crippen molar-refractivity contribution in [1.29, 1.82) is 0 Å². The fraction of sp³-hybridized carbons (Fsp3) is 0.538. The van der Waals surface area contributed by atoms with Crippen molar-refractivity contribution in [2.24, 2.45) is 0 Å². The number of aliphatic hydroxyl groups excluding tert-OH is 1. The zero-order chi connectivity index (χ0) is 12.3. The van der Waals surface area contributed by atoms with Crippen LogP contribution in [-0.2, 0) is 4.74 Å². The monoisotopic (exact) mass is 235 g/mol. The number of pyridine rings is 1. The standard InChI is InChI=1S/C13H17NO3/c1-17-13(16)12-7-4-10(8-14-12)9-2-5-11(15)6-3-9/h4,7-9,11,15H,2-3,5-6H2,1H3. The Labute approximate surface area is 101 Å². The largest absolute Gasteiger partial charge is 0.464 e. The van der Waals surface area contributed by atoms with Crippen molar-refractivity contribution in [2.45, 2.75) is 37.7 Å². The third kappa shape index (κ3) is 2.82. The number of hydrogen-bond donors (Lipinski definition) is 1. The summed E-state index contributed by atoms with van der Waals surface area (Å²) in [5.41, 5.74) is 1.48. The van der Waals surface area contributed by atoms with Crippen molar-refractivity contribution >= 4 is 5.97 Å². The fourth-order valence-corrected chi connectivity index (χ4v) is 2.28. The summed E-state index contributed by atoms with van der Waals surface area (Å²) in [5.74, 6) is 0.0493. The number of carbonyl (C=O) groups is 1. The van der Waals surface area contributed by atoms with Crippen LogP contribution in [0.15, 0.2) is 18.3 Å². The summed E-state index contributed by atoms with van der Waals surface area (Å²) in [5, 5.41) is 9.45. The molecule has 0 spiro atoms. The van der Waals surface area contributed by atoms with Crippen LogP contribution in [0.3, 0.4) is 0 Å². The van der Waals surface area contributed by atoms with Gasteiger partial charge in [-0.05, 0) is 43.2 Å². The van der Waals surface area contributed by atoms with E-state index in [1.165, 1.54) is 7.11 Å². The molecule has 0 aromatic carbocycles. The van der Waals surface area contributed by atoms with Gasteiger partial charge in [0.2, 0.25) is 0 Å². The van der Waals surface area contributed by atoms with E-state index in [2.05, 4.69) is 9.72 Å². The number of ether oxygens (including phenoxy) is 1. The third-order valence-corrected chi connectivity index (χ3v) is 3.35. The Hall–Kier alpha value is -1.42. The van der Waals surface area contributed by atoms with Gasteiger partial charge in [-0.1, -0.05) is 6.07 Å². The molecule has 1 fully saturated rings. The van der Waals surface area contributed by atoms with Gasteiger partial charge < -0.3 is 9.84 Å². The minimum atomic E-state index is -0.407. The molecule has 0 saturated heterocycles. The molecule has 0 bridgehead atoms. The van der Waals surface area contributed by atoms with Gasteiger partial charge in [-0.3, -0.25) is 0 Å². The lowest BCUT2D eigenvalue weighted by atomic mass is 9.83. The van der Waals surface area contributed by atoms with Crippen LogP contribution in [0, 0.1) is 0 Å². The molecular weight excluding hydrogens is 218 g/mol. The Morgan fingerprint density at radius 1 is 1.35 bits per heavy atom. The van der Waals surface area contributed by atoms with E-state index in [0.29, 0.717) is 11.6 Å². The SMILES string of the molecule is COC(=O)c1ccc(C2CCC(O)CC2)cn1. The predicted octanol–water partition coefficient (Wildman–Crippen LogP) is 1.89. The summed E-state index contributed by atoms with van der Waals surface area (Å²) in [6, 6.07) is 3.63. The summed E-state index contributed by atoms with van der Waals surface area (Å²) >= 11 is 0. The zero-order valence-corrected chi connectivity index (χ0v) is 9.93. The predicted molar refractivity (Wildman–Crippen MR) is 62.8 cm³/mol. The molecule has 92 valence electrons. The Kier molecular flexibility index (Phi) is 3.74. The van der Waals surface area contributed by atoms with Crippen LogP contribution >= 0.6 is 0 Å².